The first-order chi connectivity index (χ1) is 13.3. The van der Waals surface area contributed by atoms with Crippen molar-refractivity contribution in [1.82, 2.24) is 0 Å². The number of nitrogens with zero attached hydrogens (tertiary/aromatic N) is 2. The quantitative estimate of drug-likeness (QED) is 0.569. The maximum absolute atomic E-state index is 6.52. The highest BCUT2D eigenvalue weighted by molar-refractivity contribution is 5.76. The molecule has 1 heterocycles. The van der Waals surface area contributed by atoms with E-state index in [1.807, 2.05) is 12.1 Å². The van der Waals surface area contributed by atoms with E-state index in [9.17, 15) is 0 Å². The number of anilines is 3. The monoisotopic (exact) mass is 365 g/mol. The van der Waals surface area contributed by atoms with Crippen LogP contribution in [0.25, 0.3) is 0 Å². The number of benzene rings is 2. The number of hydrogen-bond acceptors (Lipinski definition) is 4. The van der Waals surface area contributed by atoms with Crippen LogP contribution in [0.4, 0.5) is 17.1 Å². The van der Waals surface area contributed by atoms with E-state index in [0.717, 1.165) is 30.2 Å². The predicted molar refractivity (Wildman–Crippen MR) is 113 cm³/mol. The Morgan fingerprint density at radius 3 is 2.22 bits per heavy atom. The summed E-state index contributed by atoms with van der Waals surface area (Å²) in [5.74, 6) is 7.47. The van der Waals surface area contributed by atoms with E-state index in [1.165, 1.54) is 57.1 Å². The van der Waals surface area contributed by atoms with Gasteiger partial charge in [-0.15, -0.1) is 0 Å². The highest BCUT2D eigenvalue weighted by Gasteiger charge is 2.18. The van der Waals surface area contributed by atoms with E-state index >= 15 is 0 Å². The molecule has 0 spiro atoms. The second-order valence-electron chi connectivity index (χ2n) is 7.78. The highest BCUT2D eigenvalue weighted by atomic mass is 16.5. The maximum atomic E-state index is 6.52. The third-order valence-electron chi connectivity index (χ3n) is 5.81. The summed E-state index contributed by atoms with van der Waals surface area (Å²) in [4.78, 5) is 2.46. The minimum atomic E-state index is 0.374. The standard InChI is InChI=1S/C23H31N3O/c24-26(23-12-6-5-11-22(23)25-17-7-2-8-18-25)19-13-15-21(16-14-19)27-20-9-3-1-4-10-20/h5-6,11-16,20H,1-4,7-10,17-18,24H2. The van der Waals surface area contributed by atoms with Gasteiger partial charge in [0.05, 0.1) is 23.2 Å². The fourth-order valence-corrected chi connectivity index (χ4v) is 4.27. The van der Waals surface area contributed by atoms with Crippen LogP contribution >= 0.6 is 0 Å². The maximum Gasteiger partial charge on any atom is 0.119 e. The number of hydrogen-bond donors (Lipinski definition) is 1. The fraction of sp³-hybridized carbons (Fsp3) is 0.478. The Kier molecular flexibility index (Phi) is 5.83. The molecule has 2 aromatic rings. The first-order valence-electron chi connectivity index (χ1n) is 10.5. The second kappa shape index (κ2) is 8.66. The minimum Gasteiger partial charge on any atom is -0.490 e. The molecule has 144 valence electrons. The van der Waals surface area contributed by atoms with Crippen molar-refractivity contribution in [3.05, 3.63) is 48.5 Å². The molecule has 1 aliphatic carbocycles. The highest BCUT2D eigenvalue weighted by Crippen LogP contribution is 2.34. The SMILES string of the molecule is NN(c1ccc(OC2CCCCC2)cc1)c1ccccc1N1CCCCC1. The molecular weight excluding hydrogens is 334 g/mol. The van der Waals surface area contributed by atoms with Crippen LogP contribution in [0.3, 0.4) is 0 Å². The van der Waals surface area contributed by atoms with Crippen LogP contribution in [0.5, 0.6) is 5.75 Å². The Hall–Kier alpha value is -2.20. The van der Waals surface area contributed by atoms with Crippen molar-refractivity contribution in [3.63, 3.8) is 0 Å². The third-order valence-corrected chi connectivity index (χ3v) is 5.81. The van der Waals surface area contributed by atoms with Crippen molar-refractivity contribution < 1.29 is 4.74 Å². The lowest BCUT2D eigenvalue weighted by atomic mass is 9.98. The number of hydrazine groups is 1. The second-order valence-corrected chi connectivity index (χ2v) is 7.78. The van der Waals surface area contributed by atoms with E-state index in [0.29, 0.717) is 6.10 Å². The van der Waals surface area contributed by atoms with Crippen LogP contribution < -0.4 is 20.5 Å². The first kappa shape index (κ1) is 18.2. The summed E-state index contributed by atoms with van der Waals surface area (Å²) in [6.45, 7) is 2.22. The summed E-state index contributed by atoms with van der Waals surface area (Å²) < 4.78 is 6.15. The molecule has 2 fully saturated rings. The summed E-state index contributed by atoms with van der Waals surface area (Å²) in [6.07, 6.45) is 10.5. The molecule has 1 saturated carbocycles. The van der Waals surface area contributed by atoms with Gasteiger partial charge in [0.25, 0.3) is 0 Å². The number of piperidine rings is 1. The van der Waals surface area contributed by atoms with Gasteiger partial charge in [0.2, 0.25) is 0 Å². The van der Waals surface area contributed by atoms with Crippen molar-refractivity contribution in [2.75, 3.05) is 23.0 Å². The number of ether oxygens (including phenoxy) is 1. The smallest absolute Gasteiger partial charge is 0.119 e. The van der Waals surface area contributed by atoms with Crippen molar-refractivity contribution >= 4 is 17.1 Å². The van der Waals surface area contributed by atoms with Crippen molar-refractivity contribution in [1.29, 1.82) is 0 Å². The average molecular weight is 366 g/mol. The van der Waals surface area contributed by atoms with Crippen LogP contribution in [-0.4, -0.2) is 19.2 Å². The molecule has 1 saturated heterocycles. The van der Waals surface area contributed by atoms with E-state index in [1.54, 1.807) is 5.01 Å². The van der Waals surface area contributed by atoms with Gasteiger partial charge >= 0.3 is 0 Å². The number of para-hydroxylation sites is 2. The molecule has 1 aliphatic heterocycles. The minimum absolute atomic E-state index is 0.374. The summed E-state index contributed by atoms with van der Waals surface area (Å²) in [7, 11) is 0. The van der Waals surface area contributed by atoms with Gasteiger partial charge in [-0.1, -0.05) is 18.6 Å². The molecule has 0 unspecified atom stereocenters. The van der Waals surface area contributed by atoms with Crippen LogP contribution in [0, 0.1) is 0 Å². The van der Waals surface area contributed by atoms with Gasteiger partial charge in [-0.25, -0.2) is 5.84 Å². The molecule has 2 aliphatic rings. The van der Waals surface area contributed by atoms with Gasteiger partial charge in [0.15, 0.2) is 0 Å². The van der Waals surface area contributed by atoms with E-state index < -0.39 is 0 Å². The van der Waals surface area contributed by atoms with Gasteiger partial charge in [-0.3, -0.25) is 5.01 Å². The van der Waals surface area contributed by atoms with Crippen LogP contribution in [0.15, 0.2) is 48.5 Å². The van der Waals surface area contributed by atoms with E-state index in [2.05, 4.69) is 41.3 Å². The molecule has 2 N–H and O–H groups in total. The Morgan fingerprint density at radius 2 is 1.48 bits per heavy atom. The van der Waals surface area contributed by atoms with E-state index in [-0.39, 0.29) is 0 Å². The van der Waals surface area contributed by atoms with Crippen LogP contribution in [0.2, 0.25) is 0 Å². The fourth-order valence-electron chi connectivity index (χ4n) is 4.27. The summed E-state index contributed by atoms with van der Waals surface area (Å²) >= 11 is 0. The molecule has 0 aromatic heterocycles. The Balaban J connectivity index is 1.48. The zero-order valence-corrected chi connectivity index (χ0v) is 16.1. The molecule has 4 nitrogen and oxygen atoms in total. The van der Waals surface area contributed by atoms with E-state index in [4.69, 9.17) is 10.6 Å². The topological polar surface area (TPSA) is 41.7 Å². The third kappa shape index (κ3) is 4.38. The lowest BCUT2D eigenvalue weighted by Gasteiger charge is -2.33. The lowest BCUT2D eigenvalue weighted by molar-refractivity contribution is 0.155. The lowest BCUT2D eigenvalue weighted by Crippen LogP contribution is -2.33. The first-order valence-corrected chi connectivity index (χ1v) is 10.5. The Morgan fingerprint density at radius 1 is 0.815 bits per heavy atom. The Bertz CT molecular complexity index is 719. The van der Waals surface area contributed by atoms with Gasteiger partial charge in [0, 0.05) is 13.1 Å². The number of nitrogens with two attached hydrogens (primary N) is 1. The molecular formula is C23H31N3O. The summed E-state index contributed by atoms with van der Waals surface area (Å²) in [5, 5.41) is 1.80. The molecule has 4 rings (SSSR count). The molecule has 0 atom stereocenters. The molecule has 0 radical (unpaired) electrons. The summed E-state index contributed by atoms with van der Waals surface area (Å²) in [5.41, 5.74) is 3.26. The van der Waals surface area contributed by atoms with Crippen molar-refractivity contribution in [2.24, 2.45) is 5.84 Å². The Labute approximate surface area is 162 Å². The van der Waals surface area contributed by atoms with Crippen molar-refractivity contribution in [3.8, 4) is 5.75 Å². The summed E-state index contributed by atoms with van der Waals surface area (Å²) in [6, 6.07) is 16.7. The predicted octanol–water partition coefficient (Wildman–Crippen LogP) is 5.40. The molecule has 0 amide bonds. The average Bonchev–Trinajstić information content (AvgIpc) is 2.75. The normalized spacial score (nSPS) is 18.3. The zero-order valence-electron chi connectivity index (χ0n) is 16.1. The largest absolute Gasteiger partial charge is 0.490 e. The molecule has 27 heavy (non-hydrogen) atoms. The molecule has 2 aromatic carbocycles. The van der Waals surface area contributed by atoms with Crippen LogP contribution in [0.1, 0.15) is 51.4 Å². The van der Waals surface area contributed by atoms with Gasteiger partial charge < -0.3 is 9.64 Å². The number of rotatable bonds is 5. The van der Waals surface area contributed by atoms with Crippen molar-refractivity contribution in [2.45, 2.75) is 57.5 Å². The molecule has 4 heteroatoms. The van der Waals surface area contributed by atoms with Crippen LogP contribution in [-0.2, 0) is 0 Å². The zero-order chi connectivity index (χ0) is 18.5. The molecule has 0 bridgehead atoms. The van der Waals surface area contributed by atoms with Gasteiger partial charge in [0.1, 0.15) is 5.75 Å². The van der Waals surface area contributed by atoms with Gasteiger partial charge in [-0.05, 0) is 81.3 Å². The van der Waals surface area contributed by atoms with Gasteiger partial charge in [-0.2, -0.15) is 0 Å².